The molecule has 2 aliphatic heterocycles. The molecule has 2 fully saturated rings. The Hall–Kier alpha value is -0.700. The van der Waals surface area contributed by atoms with Gasteiger partial charge in [0.05, 0.1) is 5.60 Å². The Labute approximate surface area is 135 Å². The minimum Gasteiger partial charge on any atom is -0.387 e. The van der Waals surface area contributed by atoms with E-state index < -0.39 is 5.60 Å². The van der Waals surface area contributed by atoms with Crippen molar-refractivity contribution in [2.75, 3.05) is 31.9 Å². The maximum absolute atomic E-state index is 11.0. The van der Waals surface area contributed by atoms with E-state index in [1.807, 2.05) is 7.05 Å². The van der Waals surface area contributed by atoms with E-state index in [-0.39, 0.29) is 0 Å². The van der Waals surface area contributed by atoms with Gasteiger partial charge in [0.25, 0.3) is 0 Å². The van der Waals surface area contributed by atoms with Crippen molar-refractivity contribution in [3.8, 4) is 0 Å². The van der Waals surface area contributed by atoms with Gasteiger partial charge in [0.15, 0.2) is 0 Å². The van der Waals surface area contributed by atoms with Crippen LogP contribution in [-0.2, 0) is 7.05 Å². The van der Waals surface area contributed by atoms with E-state index in [2.05, 4.69) is 25.7 Å². The number of aryl methyl sites for hydroxylation is 1. The van der Waals surface area contributed by atoms with Crippen molar-refractivity contribution in [1.82, 2.24) is 30.4 Å². The summed E-state index contributed by atoms with van der Waals surface area (Å²) in [7, 11) is 1.85. The van der Waals surface area contributed by atoms with Crippen LogP contribution in [0.15, 0.2) is 5.16 Å². The van der Waals surface area contributed by atoms with Crippen LogP contribution in [0.2, 0.25) is 0 Å². The number of thioether (sulfide) groups is 1. The first-order chi connectivity index (χ1) is 10.7. The molecule has 0 amide bonds. The van der Waals surface area contributed by atoms with E-state index in [1.54, 1.807) is 16.4 Å². The highest BCUT2D eigenvalue weighted by molar-refractivity contribution is 7.99. The summed E-state index contributed by atoms with van der Waals surface area (Å²) < 4.78 is 1.68. The fourth-order valence-electron chi connectivity index (χ4n) is 3.69. The molecule has 0 spiro atoms. The minimum absolute atomic E-state index is 0.345. The monoisotopic (exact) mass is 326 g/mol. The van der Waals surface area contributed by atoms with Gasteiger partial charge in [-0.3, -0.25) is 4.90 Å². The fourth-order valence-corrected chi connectivity index (χ4v) is 4.44. The van der Waals surface area contributed by atoms with Gasteiger partial charge < -0.3 is 10.4 Å². The molecule has 0 unspecified atom stereocenters. The predicted molar refractivity (Wildman–Crippen MR) is 85.8 cm³/mol. The molecule has 3 heterocycles. The first-order valence-corrected chi connectivity index (χ1v) is 9.20. The lowest BCUT2D eigenvalue weighted by atomic mass is 9.79. The van der Waals surface area contributed by atoms with E-state index in [1.165, 1.54) is 12.8 Å². The number of nitrogens with zero attached hydrogens (tertiary/aromatic N) is 5. The average Bonchev–Trinajstić information content (AvgIpc) is 2.93. The van der Waals surface area contributed by atoms with E-state index in [0.29, 0.717) is 12.6 Å². The molecule has 2 aliphatic rings. The molecule has 22 heavy (non-hydrogen) atoms. The third kappa shape index (κ3) is 3.61. The molecule has 8 heteroatoms. The molecule has 0 aliphatic carbocycles. The number of fused-ring (bicyclic) bond motifs is 1. The fraction of sp³-hybridized carbons (Fsp3) is 0.929. The molecule has 2 N–H and O–H groups in total. The van der Waals surface area contributed by atoms with Crippen LogP contribution < -0.4 is 5.32 Å². The number of rotatable bonds is 6. The Morgan fingerprint density at radius 2 is 2.23 bits per heavy atom. The zero-order chi connectivity index (χ0) is 15.4. The molecule has 2 atom stereocenters. The Kier molecular flexibility index (Phi) is 5.33. The molecule has 1 aromatic rings. The molecule has 124 valence electrons. The number of aromatic nitrogens is 4. The van der Waals surface area contributed by atoms with Gasteiger partial charge in [0.1, 0.15) is 0 Å². The second-order valence-corrected chi connectivity index (χ2v) is 7.43. The van der Waals surface area contributed by atoms with Gasteiger partial charge in [-0.2, -0.15) is 0 Å². The first kappa shape index (κ1) is 16.2. The van der Waals surface area contributed by atoms with Crippen molar-refractivity contribution >= 4 is 11.8 Å². The number of hydrogen-bond donors (Lipinski definition) is 2. The Bertz CT molecular complexity index is 482. The summed E-state index contributed by atoms with van der Waals surface area (Å²) in [6.45, 7) is 3.85. The van der Waals surface area contributed by atoms with Crippen molar-refractivity contribution in [2.24, 2.45) is 7.05 Å². The normalized spacial score (nSPS) is 29.5. The molecule has 0 radical (unpaired) electrons. The maximum Gasteiger partial charge on any atom is 0.209 e. The predicted octanol–water partition coefficient (Wildman–Crippen LogP) is 0.271. The minimum atomic E-state index is -0.560. The Morgan fingerprint density at radius 1 is 1.36 bits per heavy atom. The Morgan fingerprint density at radius 3 is 3.05 bits per heavy atom. The van der Waals surface area contributed by atoms with Crippen LogP contribution >= 0.6 is 11.8 Å². The summed E-state index contributed by atoms with van der Waals surface area (Å²) in [6, 6.07) is 0.345. The van der Waals surface area contributed by atoms with Gasteiger partial charge in [0, 0.05) is 31.9 Å². The summed E-state index contributed by atoms with van der Waals surface area (Å²) in [5.74, 6) is 0.901. The van der Waals surface area contributed by atoms with Crippen LogP contribution in [0, 0.1) is 0 Å². The first-order valence-electron chi connectivity index (χ1n) is 8.21. The number of piperidine rings is 2. The second-order valence-electron chi connectivity index (χ2n) is 6.36. The molecule has 0 aromatic carbocycles. The van der Waals surface area contributed by atoms with E-state index in [9.17, 15) is 5.11 Å². The Balaban J connectivity index is 1.43. The third-order valence-electron chi connectivity index (χ3n) is 4.81. The van der Waals surface area contributed by atoms with Gasteiger partial charge >= 0.3 is 0 Å². The van der Waals surface area contributed by atoms with Gasteiger partial charge in [-0.25, -0.2) is 4.68 Å². The third-order valence-corrected chi connectivity index (χ3v) is 5.82. The summed E-state index contributed by atoms with van der Waals surface area (Å²) in [5.41, 5.74) is -0.560. The van der Waals surface area contributed by atoms with Gasteiger partial charge in [-0.1, -0.05) is 18.2 Å². The lowest BCUT2D eigenvalue weighted by Gasteiger charge is -2.49. The summed E-state index contributed by atoms with van der Waals surface area (Å²) >= 11 is 1.63. The van der Waals surface area contributed by atoms with Gasteiger partial charge in [0.2, 0.25) is 5.16 Å². The standard InChI is InChI=1S/C14H26N6OS/c1-19-13(16-17-18-19)22-10-7-15-11-14(21)6-4-9-20-8-3-2-5-12(14)20/h12,15,21H,2-11H2,1H3/t12-,14-/m1/s1. The largest absolute Gasteiger partial charge is 0.387 e. The smallest absolute Gasteiger partial charge is 0.209 e. The van der Waals surface area contributed by atoms with E-state index in [4.69, 9.17) is 0 Å². The molecule has 1 aromatic heterocycles. The van der Waals surface area contributed by atoms with Crippen LogP contribution in [0.25, 0.3) is 0 Å². The number of hydrogen-bond acceptors (Lipinski definition) is 7. The second kappa shape index (κ2) is 7.25. The highest BCUT2D eigenvalue weighted by Gasteiger charge is 2.43. The van der Waals surface area contributed by atoms with Crippen molar-refractivity contribution in [2.45, 2.75) is 48.9 Å². The van der Waals surface area contributed by atoms with Gasteiger partial charge in [-0.05, 0) is 49.2 Å². The molecule has 0 bridgehead atoms. The maximum atomic E-state index is 11.0. The summed E-state index contributed by atoms with van der Waals surface area (Å²) in [4.78, 5) is 2.49. The summed E-state index contributed by atoms with van der Waals surface area (Å²) in [5, 5.41) is 26.7. The van der Waals surface area contributed by atoms with Crippen molar-refractivity contribution in [1.29, 1.82) is 0 Å². The zero-order valence-corrected chi connectivity index (χ0v) is 14.1. The van der Waals surface area contributed by atoms with Crippen LogP contribution in [0.5, 0.6) is 0 Å². The lowest BCUT2D eigenvalue weighted by Crippen LogP contribution is -2.62. The van der Waals surface area contributed by atoms with Crippen molar-refractivity contribution in [3.05, 3.63) is 0 Å². The van der Waals surface area contributed by atoms with Crippen LogP contribution in [-0.4, -0.2) is 73.8 Å². The quantitative estimate of drug-likeness (QED) is 0.574. The topological polar surface area (TPSA) is 79.1 Å². The highest BCUT2D eigenvalue weighted by atomic mass is 32.2. The van der Waals surface area contributed by atoms with Crippen LogP contribution in [0.1, 0.15) is 32.1 Å². The average molecular weight is 326 g/mol. The zero-order valence-electron chi connectivity index (χ0n) is 13.2. The molecule has 0 saturated carbocycles. The van der Waals surface area contributed by atoms with Gasteiger partial charge in [-0.15, -0.1) is 5.10 Å². The SMILES string of the molecule is Cn1nnnc1SCCNC[C@]1(O)CCCN2CCCC[C@@H]21. The van der Waals surface area contributed by atoms with Crippen LogP contribution in [0.4, 0.5) is 0 Å². The number of nitrogens with one attached hydrogen (secondary N) is 1. The highest BCUT2D eigenvalue weighted by Crippen LogP contribution is 2.33. The lowest BCUT2D eigenvalue weighted by molar-refractivity contribution is -0.0915. The van der Waals surface area contributed by atoms with E-state index >= 15 is 0 Å². The van der Waals surface area contributed by atoms with Crippen molar-refractivity contribution < 1.29 is 5.11 Å². The number of aliphatic hydroxyl groups is 1. The van der Waals surface area contributed by atoms with Crippen LogP contribution in [0.3, 0.4) is 0 Å². The molecule has 3 rings (SSSR count). The molecule has 2 saturated heterocycles. The molecule has 7 nitrogen and oxygen atoms in total. The molecular formula is C14H26N6OS. The summed E-state index contributed by atoms with van der Waals surface area (Å²) in [6.07, 6.45) is 5.69. The molecular weight excluding hydrogens is 300 g/mol. The van der Waals surface area contributed by atoms with E-state index in [0.717, 1.165) is 49.8 Å². The number of tetrazole rings is 1. The van der Waals surface area contributed by atoms with Crippen molar-refractivity contribution in [3.63, 3.8) is 0 Å².